The van der Waals surface area contributed by atoms with Gasteiger partial charge in [0.15, 0.2) is 0 Å². The van der Waals surface area contributed by atoms with Gasteiger partial charge >= 0.3 is 0 Å². The summed E-state index contributed by atoms with van der Waals surface area (Å²) in [6, 6.07) is 6.58. The van der Waals surface area contributed by atoms with Crippen LogP contribution in [0.2, 0.25) is 0 Å². The van der Waals surface area contributed by atoms with Crippen LogP contribution < -0.4 is 5.73 Å². The lowest BCUT2D eigenvalue weighted by molar-refractivity contribution is 0.616. The Morgan fingerprint density at radius 2 is 2.06 bits per heavy atom. The van der Waals surface area contributed by atoms with Crippen molar-refractivity contribution in [1.29, 1.82) is 0 Å². The highest BCUT2D eigenvalue weighted by Gasteiger charge is 2.14. The predicted octanol–water partition coefficient (Wildman–Crippen LogP) is 4.12. The van der Waals surface area contributed by atoms with Crippen molar-refractivity contribution in [2.24, 2.45) is 5.73 Å². The molecule has 1 nitrogen and oxygen atoms in total. The fourth-order valence-corrected chi connectivity index (χ4v) is 2.60. The fraction of sp³-hybridized carbons (Fsp3) is 0.0909. The maximum Gasteiger partial charge on any atom is 0.137 e. The van der Waals surface area contributed by atoms with Crippen molar-refractivity contribution in [3.8, 4) is 0 Å². The molecule has 0 aliphatic carbocycles. The summed E-state index contributed by atoms with van der Waals surface area (Å²) in [6.45, 7) is 0. The summed E-state index contributed by atoms with van der Waals surface area (Å²) in [5.41, 5.74) is 7.82. The lowest BCUT2D eigenvalue weighted by Gasteiger charge is -2.12. The van der Waals surface area contributed by atoms with Gasteiger partial charge in [-0.3, -0.25) is 0 Å². The Morgan fingerprint density at radius 3 is 2.69 bits per heavy atom. The molecule has 0 saturated carbocycles. The molecular weight excluding hydrogens is 313 g/mol. The summed E-state index contributed by atoms with van der Waals surface area (Å²) >= 11 is 4.80. The Kier molecular flexibility index (Phi) is 4.92. The van der Waals surface area contributed by atoms with Crippen LogP contribution in [0.4, 0.5) is 4.39 Å². The lowest BCUT2D eigenvalue weighted by Crippen LogP contribution is -2.11. The van der Waals surface area contributed by atoms with E-state index in [4.69, 9.17) is 5.73 Å². The third-order valence-corrected chi connectivity index (χ3v) is 3.76. The number of benzene rings is 1. The van der Waals surface area contributed by atoms with E-state index in [2.05, 4.69) is 15.9 Å². The summed E-state index contributed by atoms with van der Waals surface area (Å²) in [5, 5.41) is 3.93. The van der Waals surface area contributed by atoms with Crippen LogP contribution in [-0.4, -0.2) is 0 Å². The highest BCUT2D eigenvalue weighted by molar-refractivity contribution is 9.10. The summed E-state index contributed by atoms with van der Waals surface area (Å²) in [7, 11) is 0. The van der Waals surface area contributed by atoms with E-state index < -0.39 is 0 Å². The van der Waals surface area contributed by atoms with Gasteiger partial charge in [0, 0.05) is 0 Å². The van der Waals surface area contributed by atoms with E-state index in [1.54, 1.807) is 17.4 Å². The van der Waals surface area contributed by atoms with Crippen molar-refractivity contribution < 1.29 is 4.39 Å². The highest BCUT2D eigenvalue weighted by atomic mass is 79.9. The van der Waals surface area contributed by atoms with Gasteiger partial charge in [-0.05, 0) is 49.9 Å². The number of nitrogens with two attached hydrogens (primary N) is 1. The van der Waals surface area contributed by atoms with E-state index in [1.165, 1.54) is 6.07 Å². The molecule has 1 aromatic heterocycles. The van der Waals surface area contributed by atoms with Gasteiger partial charge in [0.05, 0.1) is 10.5 Å². The molecule has 0 bridgehead atoms. The number of hydrogen-bond donors (Lipinski definition) is 1. The van der Waals surface area contributed by atoms with Gasteiger partial charge in [0.25, 0.3) is 0 Å². The van der Waals surface area contributed by atoms with Crippen LogP contribution in [0, 0.1) is 5.82 Å². The van der Waals surface area contributed by atoms with Crippen LogP contribution in [0.5, 0.6) is 0 Å². The lowest BCUT2D eigenvalue weighted by atomic mass is 10.0. The molecule has 1 atom stereocenters. The molecule has 0 spiro atoms. The van der Waals surface area contributed by atoms with Crippen LogP contribution in [-0.2, 0) is 0 Å². The van der Waals surface area contributed by atoms with E-state index in [-0.39, 0.29) is 24.3 Å². The van der Waals surface area contributed by atoms with Crippen LogP contribution >= 0.6 is 39.7 Å². The Bertz CT molecular complexity index is 461. The smallest absolute Gasteiger partial charge is 0.137 e. The van der Waals surface area contributed by atoms with Gasteiger partial charge in [-0.25, -0.2) is 4.39 Å². The first-order valence-corrected chi connectivity index (χ1v) is 6.15. The molecule has 2 rings (SSSR count). The molecule has 0 saturated heterocycles. The molecule has 0 radical (unpaired) electrons. The maximum absolute atomic E-state index is 13.3. The molecule has 0 fully saturated rings. The summed E-state index contributed by atoms with van der Waals surface area (Å²) < 4.78 is 13.7. The number of rotatable bonds is 2. The SMILES string of the molecule is Cl.N[C@H](c1ccsc1)c1cccc(F)c1Br. The summed E-state index contributed by atoms with van der Waals surface area (Å²) in [5.74, 6) is -0.279. The molecule has 16 heavy (non-hydrogen) atoms. The molecule has 0 aliphatic rings. The molecule has 0 aliphatic heterocycles. The van der Waals surface area contributed by atoms with Crippen molar-refractivity contribution in [3.63, 3.8) is 0 Å². The van der Waals surface area contributed by atoms with E-state index in [0.717, 1.165) is 11.1 Å². The van der Waals surface area contributed by atoms with Crippen molar-refractivity contribution >= 4 is 39.7 Å². The monoisotopic (exact) mass is 321 g/mol. The van der Waals surface area contributed by atoms with Gasteiger partial charge in [0.2, 0.25) is 0 Å². The second kappa shape index (κ2) is 5.77. The minimum Gasteiger partial charge on any atom is -0.320 e. The molecule has 5 heteroatoms. The van der Waals surface area contributed by atoms with E-state index in [9.17, 15) is 4.39 Å². The molecule has 0 unspecified atom stereocenters. The summed E-state index contributed by atoms with van der Waals surface area (Å²) in [4.78, 5) is 0. The molecule has 0 amide bonds. The molecule has 2 N–H and O–H groups in total. The Labute approximate surface area is 112 Å². The van der Waals surface area contributed by atoms with Crippen molar-refractivity contribution in [3.05, 3.63) is 56.4 Å². The van der Waals surface area contributed by atoms with Crippen LogP contribution in [0.25, 0.3) is 0 Å². The van der Waals surface area contributed by atoms with E-state index in [0.29, 0.717) is 4.47 Å². The zero-order valence-corrected chi connectivity index (χ0v) is 11.4. The minimum atomic E-state index is -0.279. The second-order valence-electron chi connectivity index (χ2n) is 3.18. The van der Waals surface area contributed by atoms with Gasteiger partial charge in [0.1, 0.15) is 5.82 Å². The van der Waals surface area contributed by atoms with E-state index in [1.807, 2.05) is 22.9 Å². The Balaban J connectivity index is 0.00000128. The normalized spacial score (nSPS) is 11.9. The standard InChI is InChI=1S/C11H9BrFNS.ClH/c12-10-8(2-1-3-9(10)13)11(14)7-4-5-15-6-7;/h1-6,11H,14H2;1H/t11-;/m1./s1. The van der Waals surface area contributed by atoms with Crippen molar-refractivity contribution in [2.45, 2.75) is 6.04 Å². The van der Waals surface area contributed by atoms with Gasteiger partial charge in [-0.1, -0.05) is 12.1 Å². The Hall–Kier alpha value is -0.420. The fourth-order valence-electron chi connectivity index (χ4n) is 1.39. The van der Waals surface area contributed by atoms with Crippen LogP contribution in [0.15, 0.2) is 39.5 Å². The van der Waals surface area contributed by atoms with E-state index >= 15 is 0 Å². The number of thiophene rings is 1. The first-order chi connectivity index (χ1) is 7.20. The minimum absolute atomic E-state index is 0. The predicted molar refractivity (Wildman–Crippen MR) is 71.7 cm³/mol. The van der Waals surface area contributed by atoms with Gasteiger partial charge < -0.3 is 5.73 Å². The molecule has 1 heterocycles. The zero-order chi connectivity index (χ0) is 10.8. The highest BCUT2D eigenvalue weighted by Crippen LogP contribution is 2.29. The van der Waals surface area contributed by atoms with Crippen molar-refractivity contribution in [2.75, 3.05) is 0 Å². The third-order valence-electron chi connectivity index (χ3n) is 2.22. The van der Waals surface area contributed by atoms with Crippen molar-refractivity contribution in [1.82, 2.24) is 0 Å². The van der Waals surface area contributed by atoms with Gasteiger partial charge in [-0.2, -0.15) is 11.3 Å². The Morgan fingerprint density at radius 1 is 1.31 bits per heavy atom. The van der Waals surface area contributed by atoms with Gasteiger partial charge in [-0.15, -0.1) is 12.4 Å². The first-order valence-electron chi connectivity index (χ1n) is 4.41. The quantitative estimate of drug-likeness (QED) is 0.884. The van der Waals surface area contributed by atoms with Crippen LogP contribution in [0.3, 0.4) is 0 Å². The third kappa shape index (κ3) is 2.63. The average Bonchev–Trinajstić information content (AvgIpc) is 2.74. The maximum atomic E-state index is 13.3. The zero-order valence-electron chi connectivity index (χ0n) is 8.19. The van der Waals surface area contributed by atoms with Crippen LogP contribution in [0.1, 0.15) is 17.2 Å². The number of hydrogen-bond acceptors (Lipinski definition) is 2. The summed E-state index contributed by atoms with van der Waals surface area (Å²) in [6.07, 6.45) is 0. The first kappa shape index (κ1) is 13.6. The number of halogens is 3. The largest absolute Gasteiger partial charge is 0.320 e. The second-order valence-corrected chi connectivity index (χ2v) is 4.75. The molecule has 2 aromatic rings. The average molecular weight is 323 g/mol. The molecule has 1 aromatic carbocycles. The molecule has 86 valence electrons. The molecular formula is C11H10BrClFNS. The topological polar surface area (TPSA) is 26.0 Å².